The summed E-state index contributed by atoms with van der Waals surface area (Å²) in [7, 11) is 2.20. The summed E-state index contributed by atoms with van der Waals surface area (Å²) >= 11 is 0. The Labute approximate surface area is 128 Å². The van der Waals surface area contributed by atoms with E-state index >= 15 is 0 Å². The highest BCUT2D eigenvalue weighted by Crippen LogP contribution is 2.23. The predicted octanol–water partition coefficient (Wildman–Crippen LogP) is 2.11. The van der Waals surface area contributed by atoms with Crippen molar-refractivity contribution in [2.45, 2.75) is 25.8 Å². The zero-order valence-corrected chi connectivity index (χ0v) is 13.4. The Balaban J connectivity index is 2.02. The fraction of sp³-hybridized carbons (Fsp3) is 0.647. The Bertz CT molecular complexity index is 407. The van der Waals surface area contributed by atoms with Crippen LogP contribution in [0, 0.1) is 0 Å². The lowest BCUT2D eigenvalue weighted by Crippen LogP contribution is -2.36. The van der Waals surface area contributed by atoms with Gasteiger partial charge >= 0.3 is 0 Å². The fourth-order valence-corrected chi connectivity index (χ4v) is 2.88. The smallest absolute Gasteiger partial charge is 0.119 e. The first-order valence-electron chi connectivity index (χ1n) is 8.10. The third kappa shape index (κ3) is 4.70. The van der Waals surface area contributed by atoms with Crippen LogP contribution in [0.4, 0.5) is 0 Å². The van der Waals surface area contributed by atoms with Gasteiger partial charge < -0.3 is 15.4 Å². The highest BCUT2D eigenvalue weighted by Gasteiger charge is 2.21. The summed E-state index contributed by atoms with van der Waals surface area (Å²) in [6.07, 6.45) is 2.25. The number of benzene rings is 1. The minimum Gasteiger partial charge on any atom is -0.494 e. The van der Waals surface area contributed by atoms with Crippen LogP contribution in [-0.4, -0.2) is 56.2 Å². The van der Waals surface area contributed by atoms with Gasteiger partial charge in [0.25, 0.3) is 0 Å². The van der Waals surface area contributed by atoms with Gasteiger partial charge in [-0.25, -0.2) is 0 Å². The van der Waals surface area contributed by atoms with Crippen molar-refractivity contribution in [3.8, 4) is 5.75 Å². The average Bonchev–Trinajstić information content (AvgIpc) is 2.72. The van der Waals surface area contributed by atoms with Gasteiger partial charge in [0.2, 0.25) is 0 Å². The summed E-state index contributed by atoms with van der Waals surface area (Å²) in [4.78, 5) is 4.92. The van der Waals surface area contributed by atoms with E-state index in [-0.39, 0.29) is 0 Å². The molecule has 0 bridgehead atoms. The monoisotopic (exact) mass is 291 g/mol. The molecule has 0 aliphatic carbocycles. The van der Waals surface area contributed by atoms with E-state index < -0.39 is 0 Å². The third-order valence-electron chi connectivity index (χ3n) is 4.16. The average molecular weight is 291 g/mol. The Hall–Kier alpha value is -1.10. The Morgan fingerprint density at radius 1 is 1.14 bits per heavy atom. The molecule has 1 aliphatic rings. The molecule has 1 atom stereocenters. The van der Waals surface area contributed by atoms with Crippen LogP contribution in [0.25, 0.3) is 0 Å². The summed E-state index contributed by atoms with van der Waals surface area (Å²) in [5, 5.41) is 0. The molecule has 0 aromatic heterocycles. The quantitative estimate of drug-likeness (QED) is 0.871. The molecule has 0 saturated carbocycles. The Kier molecular flexibility index (Phi) is 6.49. The van der Waals surface area contributed by atoms with Crippen LogP contribution in [-0.2, 0) is 0 Å². The first-order chi connectivity index (χ1) is 10.2. The molecular weight excluding hydrogens is 262 g/mol. The molecular formula is C17H29N3O. The number of ether oxygens (including phenoxy) is 1. The maximum absolute atomic E-state index is 6.05. The first-order valence-corrected chi connectivity index (χ1v) is 8.10. The largest absolute Gasteiger partial charge is 0.494 e. The molecule has 2 N–H and O–H groups in total. The normalized spacial score (nSPS) is 19.2. The van der Waals surface area contributed by atoms with Crippen LogP contribution >= 0.6 is 0 Å². The maximum atomic E-state index is 6.05. The van der Waals surface area contributed by atoms with Gasteiger partial charge in [0.1, 0.15) is 5.75 Å². The highest BCUT2D eigenvalue weighted by molar-refractivity contribution is 5.29. The maximum Gasteiger partial charge on any atom is 0.119 e. The van der Waals surface area contributed by atoms with E-state index in [4.69, 9.17) is 10.5 Å². The van der Waals surface area contributed by atoms with Crippen LogP contribution in [0.1, 0.15) is 31.4 Å². The molecule has 1 unspecified atom stereocenters. The molecule has 0 amide bonds. The molecule has 0 spiro atoms. The van der Waals surface area contributed by atoms with Crippen molar-refractivity contribution >= 4 is 0 Å². The minimum absolute atomic E-state index is 0.316. The summed E-state index contributed by atoms with van der Waals surface area (Å²) in [6, 6.07) is 8.78. The molecule has 4 heteroatoms. The number of nitrogens with two attached hydrogens (primary N) is 1. The highest BCUT2D eigenvalue weighted by atomic mass is 16.5. The second-order valence-electron chi connectivity index (χ2n) is 5.86. The van der Waals surface area contributed by atoms with E-state index in [1.807, 2.05) is 0 Å². The molecule has 1 aromatic carbocycles. The van der Waals surface area contributed by atoms with Crippen molar-refractivity contribution in [1.82, 2.24) is 9.80 Å². The van der Waals surface area contributed by atoms with Gasteiger partial charge in [-0.1, -0.05) is 19.1 Å². The molecule has 2 rings (SSSR count). The first kappa shape index (κ1) is 16.3. The van der Waals surface area contributed by atoms with Gasteiger partial charge in [0.05, 0.1) is 6.61 Å². The second-order valence-corrected chi connectivity index (χ2v) is 5.86. The predicted molar refractivity (Wildman–Crippen MR) is 87.7 cm³/mol. The van der Waals surface area contributed by atoms with E-state index in [0.29, 0.717) is 12.6 Å². The molecule has 1 aliphatic heterocycles. The van der Waals surface area contributed by atoms with E-state index in [1.54, 1.807) is 0 Å². The van der Waals surface area contributed by atoms with Crippen molar-refractivity contribution in [3.05, 3.63) is 29.8 Å². The van der Waals surface area contributed by atoms with Crippen LogP contribution < -0.4 is 10.5 Å². The topological polar surface area (TPSA) is 41.7 Å². The standard InChI is InChI=1S/C17H29N3O/c1-3-13-21-16-7-5-15(6-8-16)17(14-18)20-10-4-9-19(2)11-12-20/h5-8,17H,3-4,9-14,18H2,1-2H3. The summed E-state index contributed by atoms with van der Waals surface area (Å²) in [5.74, 6) is 0.951. The SMILES string of the molecule is CCCOc1ccc(C(CN)N2CCCN(C)CC2)cc1. The Morgan fingerprint density at radius 2 is 1.90 bits per heavy atom. The summed E-state index contributed by atoms with van der Waals surface area (Å²) < 4.78 is 5.65. The van der Waals surface area contributed by atoms with Crippen molar-refractivity contribution in [1.29, 1.82) is 0 Å². The second kappa shape index (κ2) is 8.37. The molecule has 118 valence electrons. The van der Waals surface area contributed by atoms with Gasteiger partial charge in [-0.15, -0.1) is 0 Å². The Morgan fingerprint density at radius 3 is 2.57 bits per heavy atom. The van der Waals surface area contributed by atoms with E-state index in [9.17, 15) is 0 Å². The van der Waals surface area contributed by atoms with Crippen molar-refractivity contribution < 1.29 is 4.74 Å². The molecule has 4 nitrogen and oxygen atoms in total. The van der Waals surface area contributed by atoms with Crippen LogP contribution in [0.3, 0.4) is 0 Å². The van der Waals surface area contributed by atoms with Gasteiger partial charge in [-0.2, -0.15) is 0 Å². The molecule has 1 fully saturated rings. The number of nitrogens with zero attached hydrogens (tertiary/aromatic N) is 2. The molecule has 1 heterocycles. The number of hydrogen-bond donors (Lipinski definition) is 1. The zero-order chi connectivity index (χ0) is 15.1. The number of rotatable bonds is 6. The number of likely N-dealkylation sites (N-methyl/N-ethyl adjacent to an activating group) is 1. The van der Waals surface area contributed by atoms with Crippen LogP contribution in [0.15, 0.2) is 24.3 Å². The van der Waals surface area contributed by atoms with Crippen LogP contribution in [0.5, 0.6) is 5.75 Å². The fourth-order valence-electron chi connectivity index (χ4n) is 2.88. The lowest BCUT2D eigenvalue weighted by molar-refractivity contribution is 0.208. The minimum atomic E-state index is 0.316. The van der Waals surface area contributed by atoms with Gasteiger partial charge in [0, 0.05) is 32.2 Å². The van der Waals surface area contributed by atoms with Crippen molar-refractivity contribution in [2.24, 2.45) is 5.73 Å². The molecule has 1 aromatic rings. The van der Waals surface area contributed by atoms with Crippen molar-refractivity contribution in [3.63, 3.8) is 0 Å². The molecule has 1 saturated heterocycles. The van der Waals surface area contributed by atoms with Gasteiger partial charge in [-0.05, 0) is 44.1 Å². The summed E-state index contributed by atoms with van der Waals surface area (Å²) in [6.45, 7) is 8.07. The van der Waals surface area contributed by atoms with E-state index in [1.165, 1.54) is 18.5 Å². The summed E-state index contributed by atoms with van der Waals surface area (Å²) in [5.41, 5.74) is 7.35. The van der Waals surface area contributed by atoms with Gasteiger partial charge in [0.15, 0.2) is 0 Å². The van der Waals surface area contributed by atoms with E-state index in [2.05, 4.69) is 48.0 Å². The molecule has 0 radical (unpaired) electrons. The third-order valence-corrected chi connectivity index (χ3v) is 4.16. The van der Waals surface area contributed by atoms with Gasteiger partial charge in [-0.3, -0.25) is 4.90 Å². The lowest BCUT2D eigenvalue weighted by Gasteiger charge is -2.30. The molecule has 21 heavy (non-hydrogen) atoms. The zero-order valence-electron chi connectivity index (χ0n) is 13.4. The van der Waals surface area contributed by atoms with Crippen molar-refractivity contribution in [2.75, 3.05) is 46.4 Å². The van der Waals surface area contributed by atoms with Crippen LogP contribution in [0.2, 0.25) is 0 Å². The lowest BCUT2D eigenvalue weighted by atomic mass is 10.0. The number of hydrogen-bond acceptors (Lipinski definition) is 4. The van der Waals surface area contributed by atoms with E-state index in [0.717, 1.165) is 38.4 Å².